The maximum atomic E-state index is 11.2. The first-order valence-corrected chi connectivity index (χ1v) is 4.39. The van der Waals surface area contributed by atoms with E-state index in [1.54, 1.807) is 13.0 Å². The summed E-state index contributed by atoms with van der Waals surface area (Å²) in [6, 6.07) is 0. The van der Waals surface area contributed by atoms with Crippen LogP contribution in [-0.2, 0) is 4.74 Å². The second-order valence-corrected chi connectivity index (χ2v) is 2.55. The van der Waals surface area contributed by atoms with E-state index in [0.29, 0.717) is 18.0 Å². The van der Waals surface area contributed by atoms with Gasteiger partial charge in [-0.1, -0.05) is 6.08 Å². The van der Waals surface area contributed by atoms with E-state index in [1.165, 1.54) is 12.4 Å². The highest BCUT2D eigenvalue weighted by Gasteiger charge is 2.06. The number of ether oxygens (including phenoxy) is 1. The fourth-order valence-corrected chi connectivity index (χ4v) is 0.893. The zero-order chi connectivity index (χ0) is 10.4. The lowest BCUT2D eigenvalue weighted by molar-refractivity contribution is 0.0525. The second kappa shape index (κ2) is 5.11. The Morgan fingerprint density at radius 3 is 2.64 bits per heavy atom. The van der Waals surface area contributed by atoms with E-state index in [-0.39, 0.29) is 5.97 Å². The van der Waals surface area contributed by atoms with Crippen molar-refractivity contribution >= 4 is 12.0 Å². The monoisotopic (exact) mass is 192 g/mol. The third-order valence-electron chi connectivity index (χ3n) is 1.50. The molecule has 1 rings (SSSR count). The van der Waals surface area contributed by atoms with Gasteiger partial charge in [0.05, 0.1) is 12.2 Å². The fourth-order valence-electron chi connectivity index (χ4n) is 0.893. The minimum atomic E-state index is -0.389. The highest BCUT2D eigenvalue weighted by molar-refractivity contribution is 5.88. The number of rotatable bonds is 3. The second-order valence-electron chi connectivity index (χ2n) is 2.55. The number of carbonyl (C=O) groups is 1. The average Bonchev–Trinajstić information content (AvgIpc) is 2.20. The molecule has 1 aromatic rings. The van der Waals surface area contributed by atoms with Gasteiger partial charge in [0.1, 0.15) is 0 Å². The van der Waals surface area contributed by atoms with Crippen molar-refractivity contribution in [3.05, 3.63) is 29.9 Å². The molecular formula is C10H12N2O2. The Morgan fingerprint density at radius 1 is 1.50 bits per heavy atom. The first-order chi connectivity index (χ1) is 6.77. The molecule has 0 N–H and O–H groups in total. The van der Waals surface area contributed by atoms with Gasteiger partial charge in [-0.15, -0.1) is 0 Å². The summed E-state index contributed by atoms with van der Waals surface area (Å²) >= 11 is 0. The lowest BCUT2D eigenvalue weighted by Crippen LogP contribution is -2.06. The molecule has 0 atom stereocenters. The Kier molecular flexibility index (Phi) is 3.79. The lowest BCUT2D eigenvalue weighted by atomic mass is 10.3. The van der Waals surface area contributed by atoms with Gasteiger partial charge in [-0.05, 0) is 19.9 Å². The summed E-state index contributed by atoms with van der Waals surface area (Å²) in [5.41, 5.74) is 0.375. The summed E-state index contributed by atoms with van der Waals surface area (Å²) < 4.78 is 4.79. The van der Waals surface area contributed by atoms with Gasteiger partial charge >= 0.3 is 5.97 Å². The molecule has 0 aliphatic carbocycles. The summed E-state index contributed by atoms with van der Waals surface area (Å²) in [5, 5.41) is 0. The van der Waals surface area contributed by atoms with E-state index >= 15 is 0 Å². The van der Waals surface area contributed by atoms with E-state index in [9.17, 15) is 4.79 Å². The summed E-state index contributed by atoms with van der Waals surface area (Å²) in [5.74, 6) is 0.195. The first kappa shape index (κ1) is 10.4. The minimum absolute atomic E-state index is 0.357. The molecular weight excluding hydrogens is 180 g/mol. The van der Waals surface area contributed by atoms with Crippen LogP contribution in [0.25, 0.3) is 6.08 Å². The van der Waals surface area contributed by atoms with Crippen LogP contribution in [0.5, 0.6) is 0 Å². The maximum Gasteiger partial charge on any atom is 0.341 e. The van der Waals surface area contributed by atoms with Crippen molar-refractivity contribution < 1.29 is 9.53 Å². The molecule has 4 heteroatoms. The van der Waals surface area contributed by atoms with Crippen LogP contribution < -0.4 is 0 Å². The van der Waals surface area contributed by atoms with Crippen LogP contribution in [0, 0.1) is 0 Å². The molecule has 1 aromatic heterocycles. The SMILES string of the molecule is C/C=C/c1ncc(C(=O)OCC)cn1. The van der Waals surface area contributed by atoms with Crippen molar-refractivity contribution in [3.63, 3.8) is 0 Å². The van der Waals surface area contributed by atoms with Gasteiger partial charge in [-0.2, -0.15) is 0 Å². The van der Waals surface area contributed by atoms with Crippen LogP contribution >= 0.6 is 0 Å². The predicted molar refractivity (Wildman–Crippen MR) is 52.7 cm³/mol. The van der Waals surface area contributed by atoms with Gasteiger partial charge in [0, 0.05) is 12.4 Å². The van der Waals surface area contributed by atoms with Crippen LogP contribution in [0.1, 0.15) is 30.0 Å². The molecule has 0 bridgehead atoms. The molecule has 1 heterocycles. The zero-order valence-corrected chi connectivity index (χ0v) is 8.23. The highest BCUT2D eigenvalue weighted by Crippen LogP contribution is 2.00. The van der Waals surface area contributed by atoms with Crippen LogP contribution in [0.3, 0.4) is 0 Å². The molecule has 0 aliphatic heterocycles. The van der Waals surface area contributed by atoms with Crippen molar-refractivity contribution in [3.8, 4) is 0 Å². The molecule has 14 heavy (non-hydrogen) atoms. The highest BCUT2D eigenvalue weighted by atomic mass is 16.5. The Hall–Kier alpha value is -1.71. The van der Waals surface area contributed by atoms with Gasteiger partial charge < -0.3 is 4.74 Å². The fraction of sp³-hybridized carbons (Fsp3) is 0.300. The van der Waals surface area contributed by atoms with E-state index in [4.69, 9.17) is 4.74 Å². The van der Waals surface area contributed by atoms with E-state index in [2.05, 4.69) is 9.97 Å². The van der Waals surface area contributed by atoms with Gasteiger partial charge in [0.25, 0.3) is 0 Å². The summed E-state index contributed by atoms with van der Waals surface area (Å²) in [6.45, 7) is 3.99. The van der Waals surface area contributed by atoms with E-state index in [0.717, 1.165) is 0 Å². The van der Waals surface area contributed by atoms with Crippen molar-refractivity contribution in [1.29, 1.82) is 0 Å². The number of nitrogens with zero attached hydrogens (tertiary/aromatic N) is 2. The lowest BCUT2D eigenvalue weighted by Gasteiger charge is -2.00. The van der Waals surface area contributed by atoms with Crippen LogP contribution in [0.15, 0.2) is 18.5 Å². The van der Waals surface area contributed by atoms with Crippen molar-refractivity contribution in [2.24, 2.45) is 0 Å². The van der Waals surface area contributed by atoms with Crippen molar-refractivity contribution in [1.82, 2.24) is 9.97 Å². The predicted octanol–water partition coefficient (Wildman–Crippen LogP) is 1.69. The molecule has 74 valence electrons. The topological polar surface area (TPSA) is 52.1 Å². The number of aromatic nitrogens is 2. The van der Waals surface area contributed by atoms with Gasteiger partial charge in [-0.25, -0.2) is 14.8 Å². The molecule has 0 spiro atoms. The molecule has 0 fully saturated rings. The maximum absolute atomic E-state index is 11.2. The number of carbonyl (C=O) groups excluding carboxylic acids is 1. The smallest absolute Gasteiger partial charge is 0.341 e. The van der Waals surface area contributed by atoms with Crippen LogP contribution in [0.2, 0.25) is 0 Å². The minimum Gasteiger partial charge on any atom is -0.462 e. The van der Waals surface area contributed by atoms with E-state index < -0.39 is 0 Å². The molecule has 4 nitrogen and oxygen atoms in total. The number of esters is 1. The normalized spacial score (nSPS) is 10.4. The quantitative estimate of drug-likeness (QED) is 0.684. The third-order valence-corrected chi connectivity index (χ3v) is 1.50. The first-order valence-electron chi connectivity index (χ1n) is 4.39. The Morgan fingerprint density at radius 2 is 2.14 bits per heavy atom. The van der Waals surface area contributed by atoms with Gasteiger partial charge in [-0.3, -0.25) is 0 Å². The zero-order valence-electron chi connectivity index (χ0n) is 8.23. The Bertz CT molecular complexity index is 330. The Labute approximate surface area is 82.6 Å². The molecule has 0 amide bonds. The molecule has 0 unspecified atom stereocenters. The van der Waals surface area contributed by atoms with Crippen molar-refractivity contribution in [2.75, 3.05) is 6.61 Å². The largest absolute Gasteiger partial charge is 0.462 e. The van der Waals surface area contributed by atoms with Crippen LogP contribution in [0.4, 0.5) is 0 Å². The number of hydrogen-bond donors (Lipinski definition) is 0. The summed E-state index contributed by atoms with van der Waals surface area (Å²) in [6.07, 6.45) is 6.51. The number of hydrogen-bond acceptors (Lipinski definition) is 4. The Balaban J connectivity index is 2.77. The van der Waals surface area contributed by atoms with Crippen molar-refractivity contribution in [2.45, 2.75) is 13.8 Å². The van der Waals surface area contributed by atoms with Gasteiger partial charge in [0.2, 0.25) is 0 Å². The number of allylic oxidation sites excluding steroid dienone is 1. The summed E-state index contributed by atoms with van der Waals surface area (Å²) in [7, 11) is 0. The van der Waals surface area contributed by atoms with Gasteiger partial charge in [0.15, 0.2) is 5.82 Å². The standard InChI is InChI=1S/C10H12N2O2/c1-3-5-9-11-6-8(7-12-9)10(13)14-4-2/h3,5-7H,4H2,1-2H3/b5-3+. The van der Waals surface area contributed by atoms with E-state index in [1.807, 2.05) is 13.0 Å². The molecule has 0 radical (unpaired) electrons. The molecule has 0 aromatic carbocycles. The van der Waals surface area contributed by atoms with Crippen LogP contribution in [-0.4, -0.2) is 22.5 Å². The molecule has 0 saturated heterocycles. The molecule has 0 aliphatic rings. The molecule has 0 saturated carbocycles. The summed E-state index contributed by atoms with van der Waals surface area (Å²) in [4.78, 5) is 19.1. The third kappa shape index (κ3) is 2.65. The average molecular weight is 192 g/mol.